The van der Waals surface area contributed by atoms with Crippen molar-refractivity contribution in [2.75, 3.05) is 26.3 Å². The molecule has 7 nitrogen and oxygen atoms in total. The Bertz CT molecular complexity index is 881. The van der Waals surface area contributed by atoms with Crippen molar-refractivity contribution >= 4 is 45.5 Å². The maximum absolute atomic E-state index is 14.5. The van der Waals surface area contributed by atoms with Crippen LogP contribution in [0.1, 0.15) is 64.2 Å². The van der Waals surface area contributed by atoms with Gasteiger partial charge in [0, 0.05) is 35.8 Å². The van der Waals surface area contributed by atoms with Crippen LogP contribution in [0.4, 0.5) is 0 Å². The number of unbranched alkanes of at least 4 members (excludes halogenated alkanes) is 2. The van der Waals surface area contributed by atoms with Crippen molar-refractivity contribution in [2.45, 2.75) is 91.1 Å². The zero-order chi connectivity index (χ0) is 26.6. The van der Waals surface area contributed by atoms with Crippen molar-refractivity contribution in [1.29, 1.82) is 0 Å². The molecule has 206 valence electrons. The number of nitrogens with zero attached hydrogens (tertiary/aromatic N) is 2. The van der Waals surface area contributed by atoms with Crippen molar-refractivity contribution in [3.8, 4) is 0 Å². The van der Waals surface area contributed by atoms with E-state index in [0.29, 0.717) is 38.8 Å². The second-order valence-corrected chi connectivity index (χ2v) is 13.5. The van der Waals surface area contributed by atoms with Crippen LogP contribution >= 0.6 is 27.7 Å². The number of esters is 1. The van der Waals surface area contributed by atoms with Gasteiger partial charge >= 0.3 is 5.97 Å². The molecule has 0 aromatic carbocycles. The third kappa shape index (κ3) is 5.42. The zero-order valence-electron chi connectivity index (χ0n) is 21.7. The van der Waals surface area contributed by atoms with Gasteiger partial charge in [-0.15, -0.1) is 24.9 Å². The number of carbonyl (C=O) groups excluding carboxylic acids is 3. The van der Waals surface area contributed by atoms with E-state index in [2.05, 4.69) is 29.1 Å². The first-order valence-electron chi connectivity index (χ1n) is 13.8. The molecule has 37 heavy (non-hydrogen) atoms. The number of thioether (sulfide) groups is 1. The summed E-state index contributed by atoms with van der Waals surface area (Å²) in [5, 5.41) is 9.14. The Morgan fingerprint density at radius 1 is 1.19 bits per heavy atom. The molecule has 0 aromatic rings. The van der Waals surface area contributed by atoms with Crippen LogP contribution in [0, 0.1) is 11.8 Å². The number of hydrogen-bond donors (Lipinski definition) is 1. The van der Waals surface area contributed by atoms with Crippen LogP contribution in [0.3, 0.4) is 0 Å². The summed E-state index contributed by atoms with van der Waals surface area (Å²) >= 11 is 5.47. The van der Waals surface area contributed by atoms with Crippen molar-refractivity contribution in [3.63, 3.8) is 0 Å². The number of rotatable bonds is 13. The number of alkyl halides is 1. The van der Waals surface area contributed by atoms with Crippen LogP contribution < -0.4 is 0 Å². The molecule has 3 aliphatic heterocycles. The quantitative estimate of drug-likeness (QED) is 0.149. The Morgan fingerprint density at radius 2 is 1.95 bits per heavy atom. The number of carbonyl (C=O) groups is 3. The number of fused-ring (bicyclic) bond motifs is 1. The van der Waals surface area contributed by atoms with E-state index in [9.17, 15) is 19.5 Å². The Balaban J connectivity index is 1.67. The molecule has 3 unspecified atom stereocenters. The van der Waals surface area contributed by atoms with Crippen LogP contribution in [0.15, 0.2) is 25.3 Å². The average molecular weight is 598 g/mol. The summed E-state index contributed by atoms with van der Waals surface area (Å²) in [6, 6.07) is -0.453. The van der Waals surface area contributed by atoms with Gasteiger partial charge in [0.15, 0.2) is 0 Å². The summed E-state index contributed by atoms with van der Waals surface area (Å²) in [5.74, 6) is -1.56. The molecule has 0 radical (unpaired) electrons. The van der Waals surface area contributed by atoms with Gasteiger partial charge in [0.1, 0.15) is 6.04 Å². The first kappa shape index (κ1) is 28.7. The number of hydrogen-bond acceptors (Lipinski definition) is 6. The van der Waals surface area contributed by atoms with E-state index in [0.717, 1.165) is 32.1 Å². The van der Waals surface area contributed by atoms with Gasteiger partial charge in [-0.3, -0.25) is 14.4 Å². The Hall–Kier alpha value is -1.32. The largest absolute Gasteiger partial charge is 0.465 e. The van der Waals surface area contributed by atoms with E-state index in [4.69, 9.17) is 4.74 Å². The van der Waals surface area contributed by atoms with Crippen molar-refractivity contribution in [3.05, 3.63) is 25.3 Å². The van der Waals surface area contributed by atoms with Crippen molar-refractivity contribution < 1.29 is 24.2 Å². The molecule has 1 saturated carbocycles. The minimum absolute atomic E-state index is 0.00154. The van der Waals surface area contributed by atoms with E-state index >= 15 is 0 Å². The predicted octanol–water partition coefficient (Wildman–Crippen LogP) is 4.08. The minimum atomic E-state index is -0.653. The number of likely N-dealkylation sites (tertiary alicyclic amines) is 1. The van der Waals surface area contributed by atoms with Crippen molar-refractivity contribution in [1.82, 2.24) is 9.80 Å². The summed E-state index contributed by atoms with van der Waals surface area (Å²) in [7, 11) is 0. The summed E-state index contributed by atoms with van der Waals surface area (Å²) in [5.41, 5.74) is 0. The smallest absolute Gasteiger partial charge is 0.310 e. The van der Waals surface area contributed by atoms with E-state index in [1.54, 1.807) is 28.8 Å². The van der Waals surface area contributed by atoms with E-state index in [-0.39, 0.29) is 47.1 Å². The maximum Gasteiger partial charge on any atom is 0.310 e. The molecule has 4 aliphatic rings. The molecule has 6 atom stereocenters. The van der Waals surface area contributed by atoms with Gasteiger partial charge in [-0.05, 0) is 44.9 Å². The van der Waals surface area contributed by atoms with Gasteiger partial charge in [0.25, 0.3) is 0 Å². The fourth-order valence-electron chi connectivity index (χ4n) is 6.94. The molecular weight excluding hydrogens is 556 g/mol. The minimum Gasteiger partial charge on any atom is -0.465 e. The maximum atomic E-state index is 14.5. The molecule has 2 bridgehead atoms. The third-order valence-electron chi connectivity index (χ3n) is 8.54. The molecule has 4 fully saturated rings. The van der Waals surface area contributed by atoms with Crippen LogP contribution in [-0.4, -0.2) is 85.9 Å². The topological polar surface area (TPSA) is 87.2 Å². The molecule has 3 saturated heterocycles. The first-order valence-corrected chi connectivity index (χ1v) is 15.6. The SMILES string of the molecule is C=CCCOC(=O)[C@H]1[C@@H]2SC3(CC2Br)C(C(=O)N(CC=C)C2CCCCC2)N(CCCCCO)C(=O)[C@H]13. The summed E-state index contributed by atoms with van der Waals surface area (Å²) in [6.45, 7) is 8.89. The second kappa shape index (κ2) is 12.7. The summed E-state index contributed by atoms with van der Waals surface area (Å²) < 4.78 is 4.94. The molecule has 1 N–H and O–H groups in total. The highest BCUT2D eigenvalue weighted by Crippen LogP contribution is 2.68. The van der Waals surface area contributed by atoms with E-state index in [1.165, 1.54) is 6.42 Å². The number of halogens is 1. The Labute approximate surface area is 233 Å². The molecule has 1 spiro atoms. The standard InChI is InChI=1S/C28H41BrN2O5S/c1-3-5-17-36-27(35)21-22-25(33)31(15-10-7-11-16-32)24(28(22)18-20(29)23(21)37-28)26(34)30(14-4-2)19-12-8-6-9-13-19/h3-4,19-24,32H,1-2,5-18H2/t20?,21-,22+,23-,24?,28?/m1/s1. The molecule has 1 aliphatic carbocycles. The lowest BCUT2D eigenvalue weighted by atomic mass is 9.71. The first-order chi connectivity index (χ1) is 17.9. The third-order valence-corrected chi connectivity index (χ3v) is 11.8. The number of aliphatic hydroxyl groups is 1. The van der Waals surface area contributed by atoms with Gasteiger partial charge in [-0.25, -0.2) is 0 Å². The highest BCUT2D eigenvalue weighted by atomic mass is 79.9. The fraction of sp³-hybridized carbons (Fsp3) is 0.750. The number of ether oxygens (including phenoxy) is 1. The Kier molecular flexibility index (Phi) is 9.84. The lowest BCUT2D eigenvalue weighted by Crippen LogP contribution is -2.57. The molecule has 3 heterocycles. The predicted molar refractivity (Wildman–Crippen MR) is 149 cm³/mol. The zero-order valence-corrected chi connectivity index (χ0v) is 24.1. The summed E-state index contributed by atoms with van der Waals surface area (Å²) in [4.78, 5) is 45.7. The highest BCUT2D eigenvalue weighted by molar-refractivity contribution is 9.09. The lowest BCUT2D eigenvalue weighted by molar-refractivity contribution is -0.154. The molecular formula is C28H41BrN2O5S. The van der Waals surface area contributed by atoms with E-state index < -0.39 is 22.6 Å². The normalized spacial score (nSPS) is 32.9. The number of aliphatic hydroxyl groups excluding tert-OH is 1. The van der Waals surface area contributed by atoms with Crippen molar-refractivity contribution in [2.24, 2.45) is 11.8 Å². The van der Waals surface area contributed by atoms with Crippen LogP contribution in [0.5, 0.6) is 0 Å². The van der Waals surface area contributed by atoms with Crippen LogP contribution in [-0.2, 0) is 19.1 Å². The van der Waals surface area contributed by atoms with Gasteiger partial charge in [-0.1, -0.05) is 47.3 Å². The van der Waals surface area contributed by atoms with Crippen LogP contribution in [0.2, 0.25) is 0 Å². The lowest BCUT2D eigenvalue weighted by Gasteiger charge is -2.41. The molecule has 4 rings (SSSR count). The monoisotopic (exact) mass is 596 g/mol. The van der Waals surface area contributed by atoms with Crippen LogP contribution in [0.25, 0.3) is 0 Å². The molecule has 0 aromatic heterocycles. The molecule has 9 heteroatoms. The summed E-state index contributed by atoms with van der Waals surface area (Å²) in [6.07, 6.45) is 12.2. The van der Waals surface area contributed by atoms with Gasteiger partial charge in [-0.2, -0.15) is 0 Å². The number of amides is 2. The Morgan fingerprint density at radius 3 is 2.62 bits per heavy atom. The van der Waals surface area contributed by atoms with Gasteiger partial charge in [0.05, 0.1) is 23.2 Å². The molecule has 2 amide bonds. The van der Waals surface area contributed by atoms with E-state index in [1.807, 2.05) is 4.90 Å². The average Bonchev–Trinajstić information content (AvgIpc) is 3.49. The second-order valence-electron chi connectivity index (χ2n) is 10.8. The van der Waals surface area contributed by atoms with Gasteiger partial charge in [0.2, 0.25) is 11.8 Å². The fourth-order valence-corrected chi connectivity index (χ4v) is 10.5. The van der Waals surface area contributed by atoms with Gasteiger partial charge < -0.3 is 19.6 Å². The highest BCUT2D eigenvalue weighted by Gasteiger charge is 2.76.